The summed E-state index contributed by atoms with van der Waals surface area (Å²) in [5.74, 6) is -0.892. The number of carbonyl (C=O) groups excluding carboxylic acids is 1. The van der Waals surface area contributed by atoms with Crippen LogP contribution >= 0.6 is 0 Å². The third-order valence-corrected chi connectivity index (χ3v) is 3.27. The molecule has 1 N–H and O–H groups in total. The highest BCUT2D eigenvalue weighted by molar-refractivity contribution is 5.78. The molecule has 1 atom stereocenters. The largest absolute Gasteiger partial charge is 0.375 e. The van der Waals surface area contributed by atoms with Gasteiger partial charge in [0, 0.05) is 13.7 Å². The first-order valence-electron chi connectivity index (χ1n) is 6.88. The molecule has 0 radical (unpaired) electrons. The van der Waals surface area contributed by atoms with Crippen LogP contribution < -0.4 is 5.32 Å². The molecule has 1 unspecified atom stereocenters. The molecule has 2 aromatic rings. The molecule has 0 bridgehead atoms. The Balaban J connectivity index is 1.90. The van der Waals surface area contributed by atoms with Gasteiger partial charge in [-0.2, -0.15) is 0 Å². The maximum Gasteiger partial charge on any atom is 0.224 e. The second kappa shape index (κ2) is 7.66. The molecular weight excluding hydrogens is 288 g/mol. The highest BCUT2D eigenvalue weighted by atomic mass is 19.1. The van der Waals surface area contributed by atoms with Crippen molar-refractivity contribution in [1.29, 1.82) is 0 Å². The van der Waals surface area contributed by atoms with Gasteiger partial charge in [-0.3, -0.25) is 4.79 Å². The van der Waals surface area contributed by atoms with Crippen molar-refractivity contribution in [3.63, 3.8) is 0 Å². The van der Waals surface area contributed by atoms with Crippen molar-refractivity contribution in [2.45, 2.75) is 12.5 Å². The first-order chi connectivity index (χ1) is 10.6. The van der Waals surface area contributed by atoms with Crippen LogP contribution in [-0.4, -0.2) is 19.6 Å². The third-order valence-electron chi connectivity index (χ3n) is 3.27. The molecule has 0 fully saturated rings. The van der Waals surface area contributed by atoms with Crippen molar-refractivity contribution in [2.75, 3.05) is 13.7 Å². The van der Waals surface area contributed by atoms with E-state index in [4.69, 9.17) is 4.74 Å². The molecule has 0 aromatic heterocycles. The molecule has 0 aliphatic heterocycles. The number of benzene rings is 2. The number of ether oxygens (including phenoxy) is 1. The summed E-state index contributed by atoms with van der Waals surface area (Å²) >= 11 is 0. The van der Waals surface area contributed by atoms with E-state index in [1.807, 2.05) is 0 Å². The Labute approximate surface area is 127 Å². The number of methoxy groups -OCH3 is 1. The summed E-state index contributed by atoms with van der Waals surface area (Å²) in [6.45, 7) is 0.236. The minimum Gasteiger partial charge on any atom is -0.375 e. The minimum absolute atomic E-state index is 0.153. The number of hydrogen-bond acceptors (Lipinski definition) is 2. The molecule has 0 aliphatic carbocycles. The average molecular weight is 305 g/mol. The summed E-state index contributed by atoms with van der Waals surface area (Å²) < 4.78 is 31.3. The monoisotopic (exact) mass is 305 g/mol. The molecule has 22 heavy (non-hydrogen) atoms. The number of rotatable bonds is 6. The zero-order valence-corrected chi connectivity index (χ0v) is 12.2. The maximum atomic E-state index is 13.2. The Bertz CT molecular complexity index is 629. The molecule has 0 heterocycles. The molecule has 0 saturated heterocycles. The van der Waals surface area contributed by atoms with E-state index in [2.05, 4.69) is 5.32 Å². The Hall–Kier alpha value is -2.27. The average Bonchev–Trinajstić information content (AvgIpc) is 2.50. The van der Waals surface area contributed by atoms with E-state index in [-0.39, 0.29) is 30.5 Å². The lowest BCUT2D eigenvalue weighted by Crippen LogP contribution is -2.30. The number of hydrogen-bond donors (Lipinski definition) is 1. The Morgan fingerprint density at radius 1 is 1.14 bits per heavy atom. The van der Waals surface area contributed by atoms with E-state index in [1.165, 1.54) is 31.4 Å². The van der Waals surface area contributed by atoms with E-state index in [1.54, 1.807) is 24.3 Å². The van der Waals surface area contributed by atoms with Gasteiger partial charge in [0.1, 0.15) is 11.6 Å². The third kappa shape index (κ3) is 4.63. The van der Waals surface area contributed by atoms with Crippen LogP contribution in [0.3, 0.4) is 0 Å². The molecule has 0 saturated carbocycles. The fourth-order valence-electron chi connectivity index (χ4n) is 2.10. The zero-order chi connectivity index (χ0) is 15.9. The molecule has 2 aromatic carbocycles. The summed E-state index contributed by atoms with van der Waals surface area (Å²) in [6.07, 6.45) is -0.271. The standard InChI is InChI=1S/C17H17F2NO2/c1-22-16(13-3-2-4-15(19)10-13)11-20-17(21)9-12-5-7-14(18)8-6-12/h2-8,10,16H,9,11H2,1H3,(H,20,21). The maximum absolute atomic E-state index is 13.2. The molecular formula is C17H17F2NO2. The van der Waals surface area contributed by atoms with Gasteiger partial charge in [0.05, 0.1) is 12.5 Å². The lowest BCUT2D eigenvalue weighted by atomic mass is 10.1. The van der Waals surface area contributed by atoms with Gasteiger partial charge < -0.3 is 10.1 Å². The first kappa shape index (κ1) is 16.1. The number of carbonyl (C=O) groups is 1. The second-order valence-corrected chi connectivity index (χ2v) is 4.89. The molecule has 5 heteroatoms. The highest BCUT2D eigenvalue weighted by Crippen LogP contribution is 2.16. The Kier molecular flexibility index (Phi) is 5.61. The zero-order valence-electron chi connectivity index (χ0n) is 12.2. The van der Waals surface area contributed by atoms with Gasteiger partial charge in [0.25, 0.3) is 0 Å². The van der Waals surface area contributed by atoms with E-state index in [0.29, 0.717) is 5.56 Å². The SMILES string of the molecule is COC(CNC(=O)Cc1ccc(F)cc1)c1cccc(F)c1. The molecule has 1 amide bonds. The molecule has 0 aliphatic rings. The highest BCUT2D eigenvalue weighted by Gasteiger charge is 2.13. The van der Waals surface area contributed by atoms with Crippen molar-refractivity contribution >= 4 is 5.91 Å². The van der Waals surface area contributed by atoms with Crippen LogP contribution in [0.5, 0.6) is 0 Å². The minimum atomic E-state index is -0.423. The van der Waals surface area contributed by atoms with Gasteiger partial charge >= 0.3 is 0 Å². The van der Waals surface area contributed by atoms with Crippen molar-refractivity contribution in [3.05, 3.63) is 71.3 Å². The van der Waals surface area contributed by atoms with Crippen LogP contribution in [0.25, 0.3) is 0 Å². The van der Waals surface area contributed by atoms with Crippen LogP contribution in [0.1, 0.15) is 17.2 Å². The lowest BCUT2D eigenvalue weighted by Gasteiger charge is -2.16. The van der Waals surface area contributed by atoms with Gasteiger partial charge in [-0.15, -0.1) is 0 Å². The van der Waals surface area contributed by atoms with Gasteiger partial charge in [0.2, 0.25) is 5.91 Å². The van der Waals surface area contributed by atoms with Crippen LogP contribution in [0.4, 0.5) is 8.78 Å². The summed E-state index contributed by atoms with van der Waals surface area (Å²) in [5.41, 5.74) is 1.38. The smallest absolute Gasteiger partial charge is 0.224 e. The second-order valence-electron chi connectivity index (χ2n) is 4.89. The van der Waals surface area contributed by atoms with Crippen molar-refractivity contribution in [3.8, 4) is 0 Å². The van der Waals surface area contributed by atoms with Crippen molar-refractivity contribution < 1.29 is 18.3 Å². The quantitative estimate of drug-likeness (QED) is 0.891. The van der Waals surface area contributed by atoms with Crippen LogP contribution in [0.15, 0.2) is 48.5 Å². The molecule has 3 nitrogen and oxygen atoms in total. The Morgan fingerprint density at radius 3 is 2.50 bits per heavy atom. The van der Waals surface area contributed by atoms with E-state index in [9.17, 15) is 13.6 Å². The van der Waals surface area contributed by atoms with Gasteiger partial charge in [0.15, 0.2) is 0 Å². The summed E-state index contributed by atoms with van der Waals surface area (Å²) in [4.78, 5) is 11.9. The van der Waals surface area contributed by atoms with Gasteiger partial charge in [-0.1, -0.05) is 24.3 Å². The van der Waals surface area contributed by atoms with Crippen molar-refractivity contribution in [1.82, 2.24) is 5.32 Å². The van der Waals surface area contributed by atoms with Gasteiger partial charge in [-0.25, -0.2) is 8.78 Å². The molecule has 0 spiro atoms. The first-order valence-corrected chi connectivity index (χ1v) is 6.88. The fraction of sp³-hybridized carbons (Fsp3) is 0.235. The van der Waals surface area contributed by atoms with Crippen LogP contribution in [0.2, 0.25) is 0 Å². The van der Waals surface area contributed by atoms with Gasteiger partial charge in [-0.05, 0) is 35.4 Å². The van der Waals surface area contributed by atoms with Crippen molar-refractivity contribution in [2.24, 2.45) is 0 Å². The summed E-state index contributed by atoms with van der Waals surface area (Å²) in [5, 5.41) is 2.73. The number of halogens is 2. The topological polar surface area (TPSA) is 38.3 Å². The fourth-order valence-corrected chi connectivity index (χ4v) is 2.10. The van der Waals surface area contributed by atoms with E-state index < -0.39 is 6.10 Å². The molecule has 2 rings (SSSR count). The van der Waals surface area contributed by atoms with E-state index >= 15 is 0 Å². The number of nitrogens with one attached hydrogen (secondary N) is 1. The lowest BCUT2D eigenvalue weighted by molar-refractivity contribution is -0.121. The summed E-state index contributed by atoms with van der Waals surface area (Å²) in [7, 11) is 1.50. The summed E-state index contributed by atoms with van der Waals surface area (Å²) in [6, 6.07) is 11.8. The number of amides is 1. The normalized spacial score (nSPS) is 12.0. The van der Waals surface area contributed by atoms with E-state index in [0.717, 1.165) is 5.56 Å². The van der Waals surface area contributed by atoms with Crippen LogP contribution in [-0.2, 0) is 16.0 Å². The molecule has 116 valence electrons. The Morgan fingerprint density at radius 2 is 1.86 bits per heavy atom. The predicted molar refractivity (Wildman–Crippen MR) is 79.3 cm³/mol. The predicted octanol–water partition coefficient (Wildman–Crippen LogP) is 3.01. The van der Waals surface area contributed by atoms with Crippen LogP contribution in [0, 0.1) is 11.6 Å².